The van der Waals surface area contributed by atoms with E-state index in [1.807, 2.05) is 6.07 Å². The summed E-state index contributed by atoms with van der Waals surface area (Å²) in [4.78, 5) is 0. The normalized spacial score (nSPS) is 16.8. The predicted octanol–water partition coefficient (Wildman–Crippen LogP) is 3.09. The standard InChI is InChI=1S/C13H13ClN2O3S/c1-13(5-17-6-13)7-18-8-2-3-9(10(14)4-8)11-15-16-12(20)19-11/h2-4H,5-7H2,1H3,(H,16,20). The summed E-state index contributed by atoms with van der Waals surface area (Å²) in [5, 5.41) is 8.23. The van der Waals surface area contributed by atoms with Gasteiger partial charge in [0.05, 0.1) is 30.4 Å². The van der Waals surface area contributed by atoms with Crippen LogP contribution in [0.25, 0.3) is 11.5 Å². The van der Waals surface area contributed by atoms with E-state index >= 15 is 0 Å². The smallest absolute Gasteiger partial charge is 0.273 e. The summed E-state index contributed by atoms with van der Waals surface area (Å²) >= 11 is 10.2. The molecule has 0 N–H and O–H groups in total. The van der Waals surface area contributed by atoms with Crippen LogP contribution in [0.2, 0.25) is 5.02 Å². The Hall–Kier alpha value is -1.24. The fourth-order valence-corrected chi connectivity index (χ4v) is 2.26. The number of benzene rings is 1. The van der Waals surface area contributed by atoms with Crippen molar-refractivity contribution in [3.8, 4) is 17.2 Å². The van der Waals surface area contributed by atoms with E-state index in [4.69, 9.17) is 25.5 Å². The van der Waals surface area contributed by atoms with Gasteiger partial charge < -0.3 is 13.9 Å². The number of ether oxygens (including phenoxy) is 2. The van der Waals surface area contributed by atoms with E-state index in [-0.39, 0.29) is 10.6 Å². The number of thiol groups is 1. The zero-order valence-electron chi connectivity index (χ0n) is 10.8. The molecule has 1 saturated heterocycles. The summed E-state index contributed by atoms with van der Waals surface area (Å²) < 4.78 is 16.2. The van der Waals surface area contributed by atoms with Crippen molar-refractivity contribution in [2.75, 3.05) is 19.8 Å². The molecular weight excluding hydrogens is 300 g/mol. The molecule has 0 spiro atoms. The lowest BCUT2D eigenvalue weighted by Crippen LogP contribution is -2.44. The third-order valence-electron chi connectivity index (χ3n) is 3.07. The van der Waals surface area contributed by atoms with Crippen LogP contribution in [0.15, 0.2) is 27.8 Å². The van der Waals surface area contributed by atoms with Gasteiger partial charge in [-0.05, 0) is 18.2 Å². The van der Waals surface area contributed by atoms with Crippen molar-refractivity contribution < 1.29 is 13.9 Å². The average Bonchev–Trinajstić information content (AvgIpc) is 2.80. The summed E-state index contributed by atoms with van der Waals surface area (Å²) in [5.74, 6) is 1.04. The van der Waals surface area contributed by atoms with Gasteiger partial charge in [0.15, 0.2) is 0 Å². The van der Waals surface area contributed by atoms with Crippen molar-refractivity contribution in [1.29, 1.82) is 0 Å². The molecule has 1 aliphatic rings. The highest BCUT2D eigenvalue weighted by atomic mass is 35.5. The van der Waals surface area contributed by atoms with Crippen LogP contribution < -0.4 is 4.74 Å². The summed E-state index contributed by atoms with van der Waals surface area (Å²) in [7, 11) is 0. The van der Waals surface area contributed by atoms with Gasteiger partial charge in [-0.3, -0.25) is 0 Å². The van der Waals surface area contributed by atoms with Crippen LogP contribution >= 0.6 is 24.2 Å². The van der Waals surface area contributed by atoms with E-state index in [2.05, 4.69) is 29.7 Å². The Morgan fingerprint density at radius 2 is 2.20 bits per heavy atom. The van der Waals surface area contributed by atoms with Crippen molar-refractivity contribution in [2.45, 2.75) is 12.1 Å². The van der Waals surface area contributed by atoms with Crippen LogP contribution in [0, 0.1) is 5.41 Å². The van der Waals surface area contributed by atoms with E-state index in [9.17, 15) is 0 Å². The lowest BCUT2D eigenvalue weighted by atomic mass is 9.90. The second-order valence-electron chi connectivity index (χ2n) is 5.12. The molecular formula is C13H13ClN2O3S. The van der Waals surface area contributed by atoms with Crippen LogP contribution in [-0.2, 0) is 4.74 Å². The lowest BCUT2D eigenvalue weighted by molar-refractivity contribution is -0.120. The monoisotopic (exact) mass is 312 g/mol. The molecule has 0 aliphatic carbocycles. The predicted molar refractivity (Wildman–Crippen MR) is 76.4 cm³/mol. The summed E-state index contributed by atoms with van der Waals surface area (Å²) in [6, 6.07) is 5.35. The van der Waals surface area contributed by atoms with E-state index in [0.29, 0.717) is 28.8 Å². The number of hydrogen-bond donors (Lipinski definition) is 1. The Morgan fingerprint density at radius 1 is 1.40 bits per heavy atom. The van der Waals surface area contributed by atoms with Gasteiger partial charge in [0.1, 0.15) is 5.75 Å². The highest BCUT2D eigenvalue weighted by Gasteiger charge is 2.34. The van der Waals surface area contributed by atoms with Gasteiger partial charge in [-0.15, -0.1) is 10.2 Å². The quantitative estimate of drug-likeness (QED) is 0.879. The molecule has 1 fully saturated rings. The molecule has 0 amide bonds. The number of aromatic nitrogens is 2. The molecule has 0 radical (unpaired) electrons. The SMILES string of the molecule is CC1(COc2ccc(-c3nnc(S)o3)c(Cl)c2)COC1. The molecule has 3 rings (SSSR count). The highest BCUT2D eigenvalue weighted by Crippen LogP contribution is 2.32. The summed E-state index contributed by atoms with van der Waals surface area (Å²) in [6.45, 7) is 4.18. The molecule has 0 bridgehead atoms. The Bertz CT molecular complexity index is 628. The van der Waals surface area contributed by atoms with Crippen LogP contribution in [-0.4, -0.2) is 30.0 Å². The molecule has 5 nitrogen and oxygen atoms in total. The van der Waals surface area contributed by atoms with E-state index in [0.717, 1.165) is 13.2 Å². The molecule has 106 valence electrons. The van der Waals surface area contributed by atoms with Gasteiger partial charge in [-0.1, -0.05) is 31.2 Å². The molecule has 0 unspecified atom stereocenters. The molecule has 7 heteroatoms. The Kier molecular flexibility index (Phi) is 3.62. The summed E-state index contributed by atoms with van der Waals surface area (Å²) in [5.41, 5.74) is 0.753. The van der Waals surface area contributed by atoms with Gasteiger partial charge in [-0.25, -0.2) is 0 Å². The minimum absolute atomic E-state index is 0.0958. The van der Waals surface area contributed by atoms with Gasteiger partial charge in [0.2, 0.25) is 5.89 Å². The van der Waals surface area contributed by atoms with Crippen LogP contribution in [0.1, 0.15) is 6.92 Å². The molecule has 1 aliphatic heterocycles. The fourth-order valence-electron chi connectivity index (χ4n) is 1.87. The largest absolute Gasteiger partial charge is 0.493 e. The first kappa shape index (κ1) is 13.7. The third kappa shape index (κ3) is 2.77. The first-order valence-corrected chi connectivity index (χ1v) is 6.91. The molecule has 2 aromatic rings. The van der Waals surface area contributed by atoms with Gasteiger partial charge >= 0.3 is 0 Å². The Morgan fingerprint density at radius 3 is 2.75 bits per heavy atom. The second-order valence-corrected chi connectivity index (χ2v) is 5.91. The first-order valence-electron chi connectivity index (χ1n) is 6.09. The van der Waals surface area contributed by atoms with Crippen molar-refractivity contribution in [3.63, 3.8) is 0 Å². The van der Waals surface area contributed by atoms with Crippen molar-refractivity contribution in [1.82, 2.24) is 10.2 Å². The van der Waals surface area contributed by atoms with Crippen molar-refractivity contribution in [3.05, 3.63) is 23.2 Å². The van der Waals surface area contributed by atoms with Gasteiger partial charge in [0.25, 0.3) is 5.22 Å². The maximum atomic E-state index is 6.21. The average molecular weight is 313 g/mol. The number of hydrogen-bond acceptors (Lipinski definition) is 6. The first-order chi connectivity index (χ1) is 9.56. The van der Waals surface area contributed by atoms with Crippen LogP contribution in [0.5, 0.6) is 5.75 Å². The van der Waals surface area contributed by atoms with Crippen LogP contribution in [0.3, 0.4) is 0 Å². The Labute approximate surface area is 126 Å². The van der Waals surface area contributed by atoms with Gasteiger partial charge in [0, 0.05) is 5.41 Å². The number of rotatable bonds is 4. The molecule has 1 aromatic heterocycles. The molecule has 1 aromatic carbocycles. The fraction of sp³-hybridized carbons (Fsp3) is 0.385. The third-order valence-corrected chi connectivity index (χ3v) is 3.57. The van der Waals surface area contributed by atoms with E-state index < -0.39 is 0 Å². The Balaban J connectivity index is 1.73. The zero-order valence-corrected chi connectivity index (χ0v) is 12.4. The molecule has 0 atom stereocenters. The van der Waals surface area contributed by atoms with Gasteiger partial charge in [-0.2, -0.15) is 0 Å². The van der Waals surface area contributed by atoms with Crippen LogP contribution in [0.4, 0.5) is 0 Å². The molecule has 2 heterocycles. The summed E-state index contributed by atoms with van der Waals surface area (Å²) in [6.07, 6.45) is 0. The number of nitrogens with zero attached hydrogens (tertiary/aromatic N) is 2. The van der Waals surface area contributed by atoms with E-state index in [1.54, 1.807) is 12.1 Å². The molecule has 20 heavy (non-hydrogen) atoms. The zero-order chi connectivity index (χ0) is 14.2. The molecule has 0 saturated carbocycles. The topological polar surface area (TPSA) is 57.4 Å². The van der Waals surface area contributed by atoms with Crippen molar-refractivity contribution >= 4 is 24.2 Å². The highest BCUT2D eigenvalue weighted by molar-refractivity contribution is 7.80. The minimum atomic E-state index is 0.0958. The second kappa shape index (κ2) is 5.27. The van der Waals surface area contributed by atoms with E-state index in [1.165, 1.54) is 0 Å². The maximum absolute atomic E-state index is 6.21. The maximum Gasteiger partial charge on any atom is 0.273 e. The minimum Gasteiger partial charge on any atom is -0.493 e. The lowest BCUT2D eigenvalue weighted by Gasteiger charge is -2.37. The van der Waals surface area contributed by atoms with Crippen molar-refractivity contribution in [2.24, 2.45) is 5.41 Å². The number of halogens is 1.